The number of carbonyl (C=O) groups excluding carboxylic acids is 1. The van der Waals surface area contributed by atoms with Crippen LogP contribution in [-0.2, 0) is 0 Å². The van der Waals surface area contributed by atoms with E-state index in [2.05, 4.69) is 0 Å². The second-order valence-corrected chi connectivity index (χ2v) is 5.35. The molecule has 0 heterocycles. The molecule has 1 atom stereocenters. The summed E-state index contributed by atoms with van der Waals surface area (Å²) in [7, 11) is 0. The van der Waals surface area contributed by atoms with Crippen LogP contribution in [0, 0.1) is 10.1 Å². The highest BCUT2D eigenvalue weighted by Gasteiger charge is 2.16. The largest absolute Gasteiger partial charge is 0.384 e. The first-order valence-corrected chi connectivity index (χ1v) is 7.79. The molecule has 0 saturated heterocycles. The molecule has 0 aliphatic carbocycles. The van der Waals surface area contributed by atoms with Gasteiger partial charge in [-0.3, -0.25) is 14.9 Å². The Morgan fingerprint density at radius 2 is 1.75 bits per heavy atom. The Labute approximate surface area is 140 Å². The highest BCUT2D eigenvalue weighted by molar-refractivity contribution is 5.94. The minimum absolute atomic E-state index is 0.0589. The Hall–Kier alpha value is -2.73. The molecule has 0 saturated carbocycles. The fourth-order valence-corrected chi connectivity index (χ4v) is 2.50. The lowest BCUT2D eigenvalue weighted by Gasteiger charge is -2.19. The lowest BCUT2D eigenvalue weighted by atomic mass is 9.99. The number of benzene rings is 2. The average Bonchev–Trinajstić information content (AvgIpc) is 2.62. The SMILES string of the molecule is CCN(CC)C(=O)c1ccc(C(O)c2cccc([N+](=O)[O-])c2)cc1. The number of nitro benzene ring substituents is 1. The highest BCUT2D eigenvalue weighted by Crippen LogP contribution is 2.25. The van der Waals surface area contributed by atoms with Crippen LogP contribution in [0.3, 0.4) is 0 Å². The second-order valence-electron chi connectivity index (χ2n) is 5.35. The van der Waals surface area contributed by atoms with Crippen molar-refractivity contribution in [3.8, 4) is 0 Å². The number of amides is 1. The van der Waals surface area contributed by atoms with E-state index in [1.807, 2.05) is 13.8 Å². The molecule has 0 fully saturated rings. The summed E-state index contributed by atoms with van der Waals surface area (Å²) in [6.07, 6.45) is -0.984. The lowest BCUT2D eigenvalue weighted by Crippen LogP contribution is -2.30. The van der Waals surface area contributed by atoms with Gasteiger partial charge in [-0.1, -0.05) is 24.3 Å². The number of non-ortho nitro benzene ring substituents is 1. The summed E-state index contributed by atoms with van der Waals surface area (Å²) in [6, 6.07) is 12.6. The van der Waals surface area contributed by atoms with Gasteiger partial charge in [0.2, 0.25) is 0 Å². The van der Waals surface area contributed by atoms with Crippen molar-refractivity contribution in [3.63, 3.8) is 0 Å². The monoisotopic (exact) mass is 328 g/mol. The van der Waals surface area contributed by atoms with E-state index in [1.165, 1.54) is 18.2 Å². The molecule has 0 aliphatic rings. The van der Waals surface area contributed by atoms with Gasteiger partial charge in [-0.2, -0.15) is 0 Å². The van der Waals surface area contributed by atoms with Gasteiger partial charge in [-0.15, -0.1) is 0 Å². The maximum atomic E-state index is 12.3. The minimum atomic E-state index is -0.984. The van der Waals surface area contributed by atoms with Gasteiger partial charge in [0.1, 0.15) is 6.10 Å². The van der Waals surface area contributed by atoms with Crippen LogP contribution in [0.15, 0.2) is 48.5 Å². The number of nitro groups is 1. The molecular weight excluding hydrogens is 308 g/mol. The molecule has 6 nitrogen and oxygen atoms in total. The van der Waals surface area contributed by atoms with Crippen molar-refractivity contribution >= 4 is 11.6 Å². The molecule has 1 N–H and O–H groups in total. The third-order valence-corrected chi connectivity index (χ3v) is 3.92. The number of nitrogens with zero attached hydrogens (tertiary/aromatic N) is 2. The average molecular weight is 328 g/mol. The quantitative estimate of drug-likeness (QED) is 0.652. The number of aliphatic hydroxyl groups is 1. The second kappa shape index (κ2) is 7.70. The first kappa shape index (κ1) is 17.6. The van der Waals surface area contributed by atoms with Crippen LogP contribution in [0.4, 0.5) is 5.69 Å². The Morgan fingerprint density at radius 1 is 1.12 bits per heavy atom. The van der Waals surface area contributed by atoms with Crippen molar-refractivity contribution in [3.05, 3.63) is 75.3 Å². The van der Waals surface area contributed by atoms with Crippen LogP contribution in [0.1, 0.15) is 41.4 Å². The maximum Gasteiger partial charge on any atom is 0.269 e. The van der Waals surface area contributed by atoms with Crippen LogP contribution < -0.4 is 0 Å². The molecular formula is C18H20N2O4. The van der Waals surface area contributed by atoms with E-state index in [0.29, 0.717) is 29.8 Å². The van der Waals surface area contributed by atoms with Crippen LogP contribution in [-0.4, -0.2) is 33.9 Å². The molecule has 1 unspecified atom stereocenters. The zero-order valence-corrected chi connectivity index (χ0v) is 13.7. The van der Waals surface area contributed by atoms with Crippen molar-refractivity contribution in [1.29, 1.82) is 0 Å². The molecule has 2 aromatic rings. The van der Waals surface area contributed by atoms with Crippen molar-refractivity contribution in [2.45, 2.75) is 20.0 Å². The predicted molar refractivity (Wildman–Crippen MR) is 90.9 cm³/mol. The molecule has 0 aliphatic heterocycles. The molecule has 0 radical (unpaired) electrons. The van der Waals surface area contributed by atoms with Gasteiger partial charge >= 0.3 is 0 Å². The topological polar surface area (TPSA) is 83.7 Å². The molecule has 0 spiro atoms. The van der Waals surface area contributed by atoms with Crippen LogP contribution >= 0.6 is 0 Å². The maximum absolute atomic E-state index is 12.3. The predicted octanol–water partition coefficient (Wildman–Crippen LogP) is 3.16. The summed E-state index contributed by atoms with van der Waals surface area (Å²) in [5.41, 5.74) is 1.49. The molecule has 1 amide bonds. The number of hydrogen-bond donors (Lipinski definition) is 1. The number of aliphatic hydroxyl groups excluding tert-OH is 1. The van der Waals surface area contributed by atoms with Gasteiger partial charge in [0.05, 0.1) is 4.92 Å². The first-order chi connectivity index (χ1) is 11.5. The summed E-state index contributed by atoms with van der Waals surface area (Å²) in [4.78, 5) is 24.3. The molecule has 0 bridgehead atoms. The Morgan fingerprint density at radius 3 is 2.29 bits per heavy atom. The molecule has 0 aromatic heterocycles. The first-order valence-electron chi connectivity index (χ1n) is 7.79. The van der Waals surface area contributed by atoms with E-state index in [0.717, 1.165) is 0 Å². The van der Waals surface area contributed by atoms with Crippen molar-refractivity contribution < 1.29 is 14.8 Å². The minimum Gasteiger partial charge on any atom is -0.384 e. The van der Waals surface area contributed by atoms with Gasteiger partial charge in [0, 0.05) is 30.8 Å². The smallest absolute Gasteiger partial charge is 0.269 e. The summed E-state index contributed by atoms with van der Waals surface area (Å²) >= 11 is 0. The standard InChI is InChI=1S/C18H20N2O4/c1-3-19(4-2)18(22)14-10-8-13(9-11-14)17(21)15-6-5-7-16(12-15)20(23)24/h5-12,17,21H,3-4H2,1-2H3. The van der Waals surface area contributed by atoms with Crippen LogP contribution in [0.5, 0.6) is 0 Å². The van der Waals surface area contributed by atoms with E-state index in [1.54, 1.807) is 35.2 Å². The summed E-state index contributed by atoms with van der Waals surface area (Å²) in [5, 5.41) is 21.2. The number of hydrogen-bond acceptors (Lipinski definition) is 4. The Bertz CT molecular complexity index is 724. The van der Waals surface area contributed by atoms with Gasteiger partial charge in [0.15, 0.2) is 0 Å². The molecule has 6 heteroatoms. The van der Waals surface area contributed by atoms with Gasteiger partial charge in [-0.25, -0.2) is 0 Å². The summed E-state index contributed by atoms with van der Waals surface area (Å²) < 4.78 is 0. The Kier molecular flexibility index (Phi) is 5.65. The van der Waals surface area contributed by atoms with E-state index in [-0.39, 0.29) is 11.6 Å². The molecule has 2 rings (SSSR count). The lowest BCUT2D eigenvalue weighted by molar-refractivity contribution is -0.385. The van der Waals surface area contributed by atoms with Crippen molar-refractivity contribution in [2.24, 2.45) is 0 Å². The van der Waals surface area contributed by atoms with E-state index >= 15 is 0 Å². The highest BCUT2D eigenvalue weighted by atomic mass is 16.6. The van der Waals surface area contributed by atoms with Crippen molar-refractivity contribution in [1.82, 2.24) is 4.90 Å². The van der Waals surface area contributed by atoms with Gasteiger partial charge in [0.25, 0.3) is 11.6 Å². The van der Waals surface area contributed by atoms with Gasteiger partial charge < -0.3 is 10.0 Å². The zero-order chi connectivity index (χ0) is 17.7. The fourth-order valence-electron chi connectivity index (χ4n) is 2.50. The van der Waals surface area contributed by atoms with Crippen LogP contribution in [0.25, 0.3) is 0 Å². The third-order valence-electron chi connectivity index (χ3n) is 3.92. The number of carbonyl (C=O) groups is 1. The molecule has 126 valence electrons. The van der Waals surface area contributed by atoms with Crippen LogP contribution in [0.2, 0.25) is 0 Å². The molecule has 24 heavy (non-hydrogen) atoms. The normalized spacial score (nSPS) is 11.8. The Balaban J connectivity index is 2.22. The summed E-state index contributed by atoms with van der Waals surface area (Å²) in [5.74, 6) is -0.0589. The van der Waals surface area contributed by atoms with E-state index in [4.69, 9.17) is 0 Å². The summed E-state index contributed by atoms with van der Waals surface area (Å²) in [6.45, 7) is 5.10. The van der Waals surface area contributed by atoms with E-state index < -0.39 is 11.0 Å². The molecule has 2 aromatic carbocycles. The third kappa shape index (κ3) is 3.78. The van der Waals surface area contributed by atoms with Gasteiger partial charge in [-0.05, 0) is 37.1 Å². The fraction of sp³-hybridized carbons (Fsp3) is 0.278. The zero-order valence-electron chi connectivity index (χ0n) is 13.7. The van der Waals surface area contributed by atoms with Crippen molar-refractivity contribution in [2.75, 3.05) is 13.1 Å². The van der Waals surface area contributed by atoms with E-state index in [9.17, 15) is 20.0 Å². The number of rotatable bonds is 6.